The third-order valence-electron chi connectivity index (χ3n) is 18.7. The van der Waals surface area contributed by atoms with Gasteiger partial charge < -0.3 is 89.6 Å². The van der Waals surface area contributed by atoms with Gasteiger partial charge in [-0.15, -0.1) is 0 Å². The first-order valence-electron chi connectivity index (χ1n) is 33.9. The monoisotopic (exact) mass is 1390 g/mol. The highest BCUT2D eigenvalue weighted by Gasteiger charge is 2.58. The number of nitrogens with two attached hydrogens (primary N) is 3. The van der Waals surface area contributed by atoms with Crippen LogP contribution in [0, 0.1) is 5.92 Å². The molecule has 0 saturated carbocycles. The maximum atomic E-state index is 15.5. The molecule has 31 nitrogen and oxygen atoms in total. The standard InChI is InChI=1S/C69H91N15O16/c1-38(2)31-54(65(97)77-48(58(72)90)34-42-37-73-45-16-8-7-15-44(42)45)83-30-26-69(68(83)100)25-12-29-84(69)67(99)51(33-41-19-21-43(85)22-20-41)81-62(94)49(32-40-13-5-4-6-14-40)78-61(93)46(17-9-10-27-70)76-63(95)50(35-55(71)86)79-64(96)53-18-11-28-82(53)66(98)52(36-57(88)89)80-59(91)39(3)74-60(92)47-23-24-56(87)75-47/h4-8,13-16,19-22,37-39,46-54,73,85H,9-12,17-18,23-36,70H2,1-3H3,(H2,71,86)(H2,72,90)(H,74,92)(H,75,87)(H,76,95)(H,77,97)(H,78,93)(H,79,96)(H,80,91)(H,81,94)(H,88,89). The molecule has 1 aromatic heterocycles. The number of hydrogen-bond donors (Lipinski definition) is 14. The normalized spacial score (nSPS) is 19.7. The fraction of sp³-hybridized carbons (Fsp3) is 0.507. The highest BCUT2D eigenvalue weighted by Crippen LogP contribution is 2.41. The summed E-state index contributed by atoms with van der Waals surface area (Å²) in [6, 6.07) is 8.15. The maximum absolute atomic E-state index is 15.5. The Kier molecular flexibility index (Phi) is 25.9. The first kappa shape index (κ1) is 75.3. The number of nitrogens with one attached hydrogen (secondary N) is 9. The van der Waals surface area contributed by atoms with Crippen LogP contribution in [0.5, 0.6) is 5.75 Å². The van der Waals surface area contributed by atoms with Gasteiger partial charge in [-0.05, 0) is 118 Å². The second-order valence-corrected chi connectivity index (χ2v) is 26.5. The van der Waals surface area contributed by atoms with Crippen molar-refractivity contribution in [1.29, 1.82) is 0 Å². The van der Waals surface area contributed by atoms with E-state index in [4.69, 9.17) is 17.2 Å². The number of aromatic hydroxyl groups is 1. The number of amides is 13. The van der Waals surface area contributed by atoms with E-state index in [1.165, 1.54) is 28.9 Å². The van der Waals surface area contributed by atoms with Crippen LogP contribution >= 0.6 is 0 Å². The van der Waals surface area contributed by atoms with Gasteiger partial charge in [0.25, 0.3) is 0 Å². The van der Waals surface area contributed by atoms with Crippen molar-refractivity contribution < 1.29 is 77.3 Å². The van der Waals surface area contributed by atoms with Gasteiger partial charge in [-0.2, -0.15) is 0 Å². The van der Waals surface area contributed by atoms with Crippen molar-refractivity contribution in [2.75, 3.05) is 26.2 Å². The molecule has 11 unspecified atom stereocenters. The molecule has 4 aliphatic heterocycles. The molecule has 0 bridgehead atoms. The number of hydrogen-bond acceptors (Lipinski definition) is 16. The summed E-state index contributed by atoms with van der Waals surface area (Å²) in [5.74, 6) is -12.1. The van der Waals surface area contributed by atoms with Crippen molar-refractivity contribution in [3.63, 3.8) is 0 Å². The van der Waals surface area contributed by atoms with Crippen LogP contribution in [0.15, 0.2) is 85.1 Å². The molecule has 8 rings (SSSR count). The molecule has 0 radical (unpaired) electrons. The van der Waals surface area contributed by atoms with E-state index in [1.807, 2.05) is 38.1 Å². The van der Waals surface area contributed by atoms with Gasteiger partial charge in [0.2, 0.25) is 76.8 Å². The average Bonchev–Trinajstić information content (AvgIpc) is 1.58. The van der Waals surface area contributed by atoms with Crippen LogP contribution in [0.2, 0.25) is 0 Å². The highest BCUT2D eigenvalue weighted by molar-refractivity contribution is 6.02. The number of para-hydroxylation sites is 1. The number of aromatic nitrogens is 1. The smallest absolute Gasteiger partial charge is 0.305 e. The Balaban J connectivity index is 0.996. The van der Waals surface area contributed by atoms with Crippen LogP contribution < -0.4 is 59.7 Å². The number of likely N-dealkylation sites (tertiary alicyclic amines) is 3. The van der Waals surface area contributed by atoms with Crippen LogP contribution in [0.1, 0.15) is 121 Å². The highest BCUT2D eigenvalue weighted by atomic mass is 16.4. The van der Waals surface area contributed by atoms with Gasteiger partial charge in [-0.1, -0.05) is 74.5 Å². The lowest BCUT2D eigenvalue weighted by atomic mass is 9.92. The lowest BCUT2D eigenvalue weighted by Gasteiger charge is -2.37. The summed E-state index contributed by atoms with van der Waals surface area (Å²) in [4.78, 5) is 201. The Bertz CT molecular complexity index is 3700. The minimum Gasteiger partial charge on any atom is -0.508 e. The minimum absolute atomic E-state index is 0.0174. The summed E-state index contributed by atoms with van der Waals surface area (Å²) in [6.45, 7) is 5.27. The molecule has 17 N–H and O–H groups in total. The third-order valence-corrected chi connectivity index (χ3v) is 18.7. The molecular formula is C69H91N15O16. The number of fused-ring (bicyclic) bond motifs is 1. The van der Waals surface area contributed by atoms with Crippen LogP contribution in [0.3, 0.4) is 0 Å². The third kappa shape index (κ3) is 19.3. The van der Waals surface area contributed by atoms with E-state index >= 15 is 14.4 Å². The molecule has 13 amide bonds. The molecule has 4 saturated heterocycles. The molecule has 538 valence electrons. The zero-order valence-electron chi connectivity index (χ0n) is 56.3. The number of nitrogens with zero attached hydrogens (tertiary/aromatic N) is 3. The lowest BCUT2D eigenvalue weighted by molar-refractivity contribution is -0.151. The molecule has 11 atom stereocenters. The number of unbranched alkanes of at least 4 members (excludes halogenated alkanes) is 1. The Labute approximate surface area is 577 Å². The summed E-state index contributed by atoms with van der Waals surface area (Å²) in [6.07, 6.45) is 1.53. The Morgan fingerprint density at radius 1 is 0.620 bits per heavy atom. The van der Waals surface area contributed by atoms with E-state index in [0.717, 1.165) is 21.4 Å². The molecule has 4 fully saturated rings. The Hall–Kier alpha value is -10.5. The summed E-state index contributed by atoms with van der Waals surface area (Å²) < 4.78 is 0. The summed E-state index contributed by atoms with van der Waals surface area (Å²) >= 11 is 0. The molecular weight excluding hydrogens is 1290 g/mol. The van der Waals surface area contributed by atoms with Crippen molar-refractivity contribution in [2.24, 2.45) is 23.1 Å². The zero-order chi connectivity index (χ0) is 72.5. The summed E-state index contributed by atoms with van der Waals surface area (Å²) in [7, 11) is 0. The first-order chi connectivity index (χ1) is 47.7. The zero-order valence-corrected chi connectivity index (χ0v) is 56.3. The fourth-order valence-electron chi connectivity index (χ4n) is 13.5. The van der Waals surface area contributed by atoms with Crippen LogP contribution in [0.25, 0.3) is 10.9 Å². The van der Waals surface area contributed by atoms with Gasteiger partial charge in [-0.25, -0.2) is 0 Å². The van der Waals surface area contributed by atoms with Crippen molar-refractivity contribution >= 4 is 93.7 Å². The number of carboxylic acid groups (broad SMARTS) is 1. The molecule has 4 aliphatic rings. The molecule has 31 heteroatoms. The number of benzene rings is 3. The molecule has 0 aliphatic carbocycles. The summed E-state index contributed by atoms with van der Waals surface area (Å²) in [5.41, 5.74) is 18.5. The van der Waals surface area contributed by atoms with E-state index in [2.05, 4.69) is 47.5 Å². The number of carboxylic acids is 1. The maximum Gasteiger partial charge on any atom is 0.305 e. The quantitative estimate of drug-likeness (QED) is 0.0238. The first-order valence-corrected chi connectivity index (χ1v) is 33.9. The Morgan fingerprint density at radius 2 is 1.26 bits per heavy atom. The average molecular weight is 1390 g/mol. The van der Waals surface area contributed by atoms with Gasteiger partial charge in [0, 0.05) is 62.4 Å². The molecule has 5 heterocycles. The number of rotatable bonds is 34. The van der Waals surface area contributed by atoms with Gasteiger partial charge in [0.1, 0.15) is 71.7 Å². The predicted molar refractivity (Wildman–Crippen MR) is 360 cm³/mol. The van der Waals surface area contributed by atoms with Crippen molar-refractivity contribution in [2.45, 2.75) is 189 Å². The van der Waals surface area contributed by atoms with E-state index in [1.54, 1.807) is 48.7 Å². The number of phenolic OH excluding ortho intramolecular Hbond substituents is 1. The lowest BCUT2D eigenvalue weighted by Crippen LogP contribution is -2.62. The van der Waals surface area contributed by atoms with E-state index in [-0.39, 0.29) is 121 Å². The van der Waals surface area contributed by atoms with Gasteiger partial charge >= 0.3 is 5.97 Å². The van der Waals surface area contributed by atoms with E-state index < -0.39 is 156 Å². The van der Waals surface area contributed by atoms with Gasteiger partial charge in [0.15, 0.2) is 0 Å². The molecule has 1 spiro atoms. The van der Waals surface area contributed by atoms with Crippen molar-refractivity contribution in [1.82, 2.24) is 62.2 Å². The number of carbonyl (C=O) groups is 14. The van der Waals surface area contributed by atoms with Crippen LogP contribution in [0.4, 0.5) is 0 Å². The van der Waals surface area contributed by atoms with E-state index in [9.17, 15) is 63.0 Å². The van der Waals surface area contributed by atoms with Crippen LogP contribution in [-0.4, -0.2) is 205 Å². The number of primary amides is 2. The number of aromatic amines is 1. The second kappa shape index (κ2) is 34.4. The number of H-pyrrole nitrogens is 1. The Morgan fingerprint density at radius 3 is 1.93 bits per heavy atom. The second-order valence-electron chi connectivity index (χ2n) is 26.5. The number of aliphatic carboxylic acids is 1. The summed E-state index contributed by atoms with van der Waals surface area (Å²) in [5, 5.41) is 41.7. The minimum atomic E-state index is -1.78. The molecule has 3 aromatic carbocycles. The topological polar surface area (TPSA) is 479 Å². The van der Waals surface area contributed by atoms with E-state index in [0.29, 0.717) is 24.0 Å². The van der Waals surface area contributed by atoms with Crippen molar-refractivity contribution in [3.8, 4) is 5.75 Å². The number of phenols is 1. The molecule has 4 aromatic rings. The van der Waals surface area contributed by atoms with Gasteiger partial charge in [0.05, 0.1) is 12.8 Å². The van der Waals surface area contributed by atoms with Gasteiger partial charge in [-0.3, -0.25) is 67.1 Å². The fourth-order valence-corrected chi connectivity index (χ4v) is 13.5. The largest absolute Gasteiger partial charge is 0.508 e. The number of carbonyl (C=O) groups excluding carboxylic acids is 13. The van der Waals surface area contributed by atoms with Crippen LogP contribution in [-0.2, 0) is 86.4 Å². The SMILES string of the molecule is CC(C)CC(C(=O)NC(Cc1c[nH]c2ccccc12)C(N)=O)N1CCC2(CCCN2C(=O)C(Cc2ccc(O)cc2)NC(=O)C(Cc2ccccc2)NC(=O)C(CCCCN)NC(=O)C(CC(N)=O)NC(=O)C2CCCN2C(=O)C(CC(=O)O)NC(=O)C(C)NC(=O)C2CCC(=O)N2)C1=O. The molecule has 100 heavy (non-hydrogen) atoms. The predicted octanol–water partition coefficient (Wildman–Crippen LogP) is -1.44. The van der Waals surface area contributed by atoms with Crippen molar-refractivity contribution in [3.05, 3.63) is 102 Å².